The van der Waals surface area contributed by atoms with Crippen molar-refractivity contribution < 1.29 is 4.39 Å². The van der Waals surface area contributed by atoms with Gasteiger partial charge >= 0.3 is 0 Å². The van der Waals surface area contributed by atoms with Gasteiger partial charge in [0, 0.05) is 74.6 Å². The summed E-state index contributed by atoms with van der Waals surface area (Å²) in [5.41, 5.74) is 3.00. The van der Waals surface area contributed by atoms with E-state index in [0.29, 0.717) is 29.3 Å². The van der Waals surface area contributed by atoms with E-state index >= 15 is 0 Å². The molecule has 9 heteroatoms. The zero-order valence-electron chi connectivity index (χ0n) is 19.8. The highest BCUT2D eigenvalue weighted by Gasteiger charge is 2.14. The molecule has 4 rings (SSSR count). The SMILES string of the molecule is CN(CCCn1nc(CCN(C)c2ccc(F)cc2)n(-c2ccc(Cl)cc2)c1=S)c1ccncc1. The van der Waals surface area contributed by atoms with Gasteiger partial charge in [-0.05, 0) is 79.3 Å². The quantitative estimate of drug-likeness (QED) is 0.252. The molecule has 0 fully saturated rings. The van der Waals surface area contributed by atoms with Crippen molar-refractivity contribution in [2.75, 3.05) is 37.0 Å². The molecule has 0 atom stereocenters. The maximum absolute atomic E-state index is 13.3. The Hall–Kier alpha value is -3.23. The van der Waals surface area contributed by atoms with Crippen LogP contribution in [-0.2, 0) is 13.0 Å². The Morgan fingerprint density at radius 3 is 2.20 bits per heavy atom. The van der Waals surface area contributed by atoms with E-state index in [2.05, 4.69) is 21.8 Å². The fourth-order valence-electron chi connectivity index (χ4n) is 3.89. The number of hydrogen-bond acceptors (Lipinski definition) is 5. The van der Waals surface area contributed by atoms with Gasteiger partial charge in [-0.3, -0.25) is 9.55 Å². The number of anilines is 2. The summed E-state index contributed by atoms with van der Waals surface area (Å²) in [4.78, 5) is 8.36. The molecule has 0 bridgehead atoms. The number of rotatable bonds is 10. The highest BCUT2D eigenvalue weighted by Crippen LogP contribution is 2.19. The number of likely N-dealkylation sites (N-methyl/N-ethyl adjacent to an activating group) is 1. The van der Waals surface area contributed by atoms with Crippen molar-refractivity contribution in [1.82, 2.24) is 19.3 Å². The minimum atomic E-state index is -0.244. The molecule has 2 aromatic heterocycles. The Morgan fingerprint density at radius 1 is 0.886 bits per heavy atom. The molecule has 0 saturated carbocycles. The van der Waals surface area contributed by atoms with Gasteiger partial charge in [0.1, 0.15) is 11.6 Å². The smallest absolute Gasteiger partial charge is 0.202 e. The summed E-state index contributed by atoms with van der Waals surface area (Å²) in [6.45, 7) is 2.27. The summed E-state index contributed by atoms with van der Waals surface area (Å²) >= 11 is 12.0. The normalized spacial score (nSPS) is 11.0. The van der Waals surface area contributed by atoms with Crippen LogP contribution >= 0.6 is 23.8 Å². The number of aryl methyl sites for hydroxylation is 1. The molecule has 182 valence electrons. The lowest BCUT2D eigenvalue weighted by atomic mass is 10.2. The zero-order valence-corrected chi connectivity index (χ0v) is 21.4. The van der Waals surface area contributed by atoms with Crippen molar-refractivity contribution in [2.24, 2.45) is 0 Å². The minimum absolute atomic E-state index is 0.244. The van der Waals surface area contributed by atoms with Gasteiger partial charge in [0.2, 0.25) is 4.77 Å². The molecule has 0 unspecified atom stereocenters. The van der Waals surface area contributed by atoms with Gasteiger partial charge in [0.05, 0.1) is 0 Å². The number of hydrogen-bond donors (Lipinski definition) is 0. The van der Waals surface area contributed by atoms with Crippen LogP contribution in [0.15, 0.2) is 73.1 Å². The molecule has 2 heterocycles. The maximum atomic E-state index is 13.3. The van der Waals surface area contributed by atoms with E-state index in [9.17, 15) is 4.39 Å². The van der Waals surface area contributed by atoms with Crippen LogP contribution < -0.4 is 9.80 Å². The average molecular weight is 511 g/mol. The predicted octanol–water partition coefficient (Wildman–Crippen LogP) is 5.80. The Bertz CT molecular complexity index is 1290. The molecule has 2 aromatic carbocycles. The number of halogens is 2. The first-order valence-electron chi connectivity index (χ1n) is 11.4. The van der Waals surface area contributed by atoms with E-state index < -0.39 is 0 Å². The van der Waals surface area contributed by atoms with Crippen molar-refractivity contribution in [3.63, 3.8) is 0 Å². The largest absolute Gasteiger partial charge is 0.374 e. The van der Waals surface area contributed by atoms with Crippen LogP contribution in [0, 0.1) is 10.6 Å². The molecular formula is C26H28ClFN6S. The van der Waals surface area contributed by atoms with Gasteiger partial charge in [-0.2, -0.15) is 5.10 Å². The van der Waals surface area contributed by atoms with Gasteiger partial charge < -0.3 is 9.80 Å². The summed E-state index contributed by atoms with van der Waals surface area (Å²) in [6.07, 6.45) is 5.15. The fraction of sp³-hybridized carbons (Fsp3) is 0.269. The van der Waals surface area contributed by atoms with Crippen LogP contribution in [0.3, 0.4) is 0 Å². The van der Waals surface area contributed by atoms with Gasteiger partial charge in [-0.15, -0.1) is 0 Å². The molecular weight excluding hydrogens is 483 g/mol. The van der Waals surface area contributed by atoms with E-state index in [4.69, 9.17) is 28.9 Å². The van der Waals surface area contributed by atoms with E-state index in [1.54, 1.807) is 24.5 Å². The molecule has 4 aromatic rings. The second kappa shape index (κ2) is 11.5. The molecule has 0 amide bonds. The number of pyridine rings is 1. The molecule has 0 saturated heterocycles. The Kier molecular flexibility index (Phi) is 8.15. The topological polar surface area (TPSA) is 42.1 Å². The summed E-state index contributed by atoms with van der Waals surface area (Å²) in [5.74, 6) is 0.626. The van der Waals surface area contributed by atoms with E-state index in [-0.39, 0.29) is 5.82 Å². The molecule has 0 aliphatic carbocycles. The van der Waals surface area contributed by atoms with Crippen molar-refractivity contribution in [2.45, 2.75) is 19.4 Å². The lowest BCUT2D eigenvalue weighted by Gasteiger charge is -2.19. The molecule has 0 radical (unpaired) electrons. The predicted molar refractivity (Wildman–Crippen MR) is 143 cm³/mol. The monoisotopic (exact) mass is 510 g/mol. The third-order valence-corrected chi connectivity index (χ3v) is 6.54. The van der Waals surface area contributed by atoms with E-state index in [0.717, 1.165) is 35.9 Å². The number of nitrogens with zero attached hydrogens (tertiary/aromatic N) is 6. The second-order valence-corrected chi connectivity index (χ2v) is 9.16. The highest BCUT2D eigenvalue weighted by atomic mass is 35.5. The Balaban J connectivity index is 1.51. The standard InChI is InChI=1S/C26H28ClFN6S/c1-31(23-12-15-29-16-13-23)17-3-18-33-26(35)34(24-8-4-20(27)5-9-24)25(30-33)14-19-32(2)22-10-6-21(28)7-11-22/h4-13,15-16H,3,14,17-19H2,1-2H3. The van der Waals surface area contributed by atoms with E-state index in [1.165, 1.54) is 12.1 Å². The van der Waals surface area contributed by atoms with Gasteiger partial charge in [0.25, 0.3) is 0 Å². The van der Waals surface area contributed by atoms with Crippen LogP contribution in [0.25, 0.3) is 5.69 Å². The maximum Gasteiger partial charge on any atom is 0.202 e. The first-order chi connectivity index (χ1) is 16.9. The van der Waals surface area contributed by atoms with Crippen molar-refractivity contribution in [3.05, 3.63) is 94.5 Å². The summed E-state index contributed by atoms with van der Waals surface area (Å²) in [5, 5.41) is 5.56. The molecule has 6 nitrogen and oxygen atoms in total. The van der Waals surface area contributed by atoms with Crippen molar-refractivity contribution in [3.8, 4) is 5.69 Å². The van der Waals surface area contributed by atoms with E-state index in [1.807, 2.05) is 52.7 Å². The molecule has 35 heavy (non-hydrogen) atoms. The van der Waals surface area contributed by atoms with Crippen LogP contribution in [0.2, 0.25) is 5.02 Å². The molecule has 0 aliphatic heterocycles. The summed E-state index contributed by atoms with van der Waals surface area (Å²) in [7, 11) is 4.05. The lowest BCUT2D eigenvalue weighted by molar-refractivity contribution is 0.564. The van der Waals surface area contributed by atoms with Crippen LogP contribution in [-0.4, -0.2) is 46.5 Å². The third-order valence-electron chi connectivity index (χ3n) is 5.90. The van der Waals surface area contributed by atoms with Gasteiger partial charge in [0.15, 0.2) is 0 Å². The first kappa shape index (κ1) is 24.9. The van der Waals surface area contributed by atoms with Crippen LogP contribution in [0.4, 0.5) is 15.8 Å². The summed E-state index contributed by atoms with van der Waals surface area (Å²) < 4.78 is 17.9. The van der Waals surface area contributed by atoms with Crippen molar-refractivity contribution >= 4 is 35.2 Å². The molecule has 0 spiro atoms. The van der Waals surface area contributed by atoms with Gasteiger partial charge in [-0.1, -0.05) is 11.6 Å². The Labute approximate surface area is 215 Å². The summed E-state index contributed by atoms with van der Waals surface area (Å²) in [6, 6.07) is 18.1. The Morgan fingerprint density at radius 2 is 1.51 bits per heavy atom. The fourth-order valence-corrected chi connectivity index (χ4v) is 4.36. The van der Waals surface area contributed by atoms with Crippen molar-refractivity contribution in [1.29, 1.82) is 0 Å². The molecule has 0 aliphatic rings. The second-order valence-electron chi connectivity index (χ2n) is 8.36. The number of benzene rings is 2. The zero-order chi connectivity index (χ0) is 24.8. The van der Waals surface area contributed by atoms with Crippen LogP contribution in [0.5, 0.6) is 0 Å². The molecule has 0 N–H and O–H groups in total. The number of aromatic nitrogens is 4. The lowest BCUT2D eigenvalue weighted by Crippen LogP contribution is -2.21. The minimum Gasteiger partial charge on any atom is -0.374 e. The van der Waals surface area contributed by atoms with Crippen LogP contribution in [0.1, 0.15) is 12.2 Å². The first-order valence-corrected chi connectivity index (χ1v) is 12.2. The highest BCUT2D eigenvalue weighted by molar-refractivity contribution is 7.71. The third kappa shape index (κ3) is 6.26. The van der Waals surface area contributed by atoms with Gasteiger partial charge in [-0.25, -0.2) is 9.07 Å². The average Bonchev–Trinajstić information content (AvgIpc) is 3.19.